The second-order valence-corrected chi connectivity index (χ2v) is 2.95. The Morgan fingerprint density at radius 3 is 3.00 bits per heavy atom. The summed E-state index contributed by atoms with van der Waals surface area (Å²) in [5, 5.41) is 14.1. The first-order chi connectivity index (χ1) is 6.27. The van der Waals surface area contributed by atoms with Gasteiger partial charge in [0, 0.05) is 7.05 Å². The van der Waals surface area contributed by atoms with Gasteiger partial charge in [0.1, 0.15) is 11.0 Å². The number of hydrogen-bond donors (Lipinski definition) is 1. The number of aromatic amines is 1. The number of halogens is 1. The predicted octanol–water partition coefficient (Wildman–Crippen LogP) is 0.177. The van der Waals surface area contributed by atoms with E-state index in [1.165, 1.54) is 0 Å². The van der Waals surface area contributed by atoms with Gasteiger partial charge in [-0.1, -0.05) is 16.8 Å². The predicted molar refractivity (Wildman–Crippen MR) is 45.2 cm³/mol. The van der Waals surface area contributed by atoms with Crippen LogP contribution in [-0.2, 0) is 13.5 Å². The van der Waals surface area contributed by atoms with Crippen molar-refractivity contribution in [2.75, 3.05) is 0 Å². The van der Waals surface area contributed by atoms with Crippen molar-refractivity contribution in [3.8, 4) is 0 Å². The van der Waals surface area contributed by atoms with E-state index in [2.05, 4.69) is 25.6 Å². The number of H-pyrrole nitrogens is 1. The Bertz CT molecular complexity index is 391. The molecule has 0 aromatic carbocycles. The molecule has 0 atom stereocenters. The van der Waals surface area contributed by atoms with Gasteiger partial charge in [-0.3, -0.25) is 0 Å². The minimum atomic E-state index is 0.528. The monoisotopic (exact) mass is 198 g/mol. The quantitative estimate of drug-likeness (QED) is 0.747. The summed E-state index contributed by atoms with van der Waals surface area (Å²) in [4.78, 5) is 4.10. The highest BCUT2D eigenvalue weighted by Gasteiger charge is 2.07. The van der Waals surface area contributed by atoms with Crippen LogP contribution in [0.15, 0.2) is 6.20 Å². The summed E-state index contributed by atoms with van der Waals surface area (Å²) in [6.07, 6.45) is 2.12. The van der Waals surface area contributed by atoms with Crippen molar-refractivity contribution in [2.24, 2.45) is 7.05 Å². The molecule has 0 saturated heterocycles. The van der Waals surface area contributed by atoms with Crippen LogP contribution >= 0.6 is 11.6 Å². The molecule has 13 heavy (non-hydrogen) atoms. The molecule has 6 nitrogen and oxygen atoms in total. The Morgan fingerprint density at radius 2 is 2.46 bits per heavy atom. The Morgan fingerprint density at radius 1 is 1.62 bits per heavy atom. The number of hydrogen-bond acceptors (Lipinski definition) is 4. The van der Waals surface area contributed by atoms with Crippen LogP contribution in [0.5, 0.6) is 0 Å². The molecule has 7 heteroatoms. The molecule has 2 rings (SSSR count). The molecular formula is C6H7ClN6. The second-order valence-electron chi connectivity index (χ2n) is 2.56. The Hall–Kier alpha value is -1.43. The molecule has 0 radical (unpaired) electrons. The molecule has 68 valence electrons. The van der Waals surface area contributed by atoms with E-state index in [0.29, 0.717) is 17.4 Å². The summed E-state index contributed by atoms with van der Waals surface area (Å²) >= 11 is 5.81. The molecule has 1 N–H and O–H groups in total. The van der Waals surface area contributed by atoms with Crippen LogP contribution in [0.4, 0.5) is 0 Å². The Kier molecular flexibility index (Phi) is 1.97. The maximum atomic E-state index is 5.81. The maximum absolute atomic E-state index is 5.81. The van der Waals surface area contributed by atoms with Crippen molar-refractivity contribution < 1.29 is 0 Å². The lowest BCUT2D eigenvalue weighted by Gasteiger charge is -1.97. The lowest BCUT2D eigenvalue weighted by Crippen LogP contribution is -2.00. The van der Waals surface area contributed by atoms with Crippen LogP contribution in [0.3, 0.4) is 0 Å². The summed E-state index contributed by atoms with van der Waals surface area (Å²) in [7, 11) is 1.84. The van der Waals surface area contributed by atoms with Gasteiger partial charge >= 0.3 is 0 Å². The number of tetrazole rings is 1. The topological polar surface area (TPSA) is 72.3 Å². The zero-order chi connectivity index (χ0) is 9.26. The van der Waals surface area contributed by atoms with E-state index in [0.717, 1.165) is 5.82 Å². The molecule has 0 aliphatic heterocycles. The lowest BCUT2D eigenvalue weighted by atomic mass is 10.4. The van der Waals surface area contributed by atoms with Gasteiger partial charge in [-0.2, -0.15) is 5.21 Å². The molecule has 0 bridgehead atoms. The van der Waals surface area contributed by atoms with Gasteiger partial charge in [0.15, 0.2) is 5.82 Å². The van der Waals surface area contributed by atoms with Crippen molar-refractivity contribution in [2.45, 2.75) is 6.42 Å². The third-order valence-corrected chi connectivity index (χ3v) is 2.08. The molecule has 0 amide bonds. The van der Waals surface area contributed by atoms with Crippen molar-refractivity contribution in [3.05, 3.63) is 23.0 Å². The highest BCUT2D eigenvalue weighted by molar-refractivity contribution is 6.29. The van der Waals surface area contributed by atoms with Crippen molar-refractivity contribution in [1.29, 1.82) is 0 Å². The van der Waals surface area contributed by atoms with Gasteiger partial charge < -0.3 is 4.57 Å². The third-order valence-electron chi connectivity index (χ3n) is 1.73. The van der Waals surface area contributed by atoms with Crippen molar-refractivity contribution >= 4 is 11.6 Å². The van der Waals surface area contributed by atoms with Gasteiger partial charge in [0.05, 0.1) is 12.6 Å². The smallest absolute Gasteiger partial charge is 0.182 e. The van der Waals surface area contributed by atoms with Gasteiger partial charge in [-0.15, -0.1) is 10.2 Å². The van der Waals surface area contributed by atoms with Crippen LogP contribution in [0.25, 0.3) is 0 Å². The summed E-state index contributed by atoms with van der Waals surface area (Å²) < 4.78 is 1.78. The standard InChI is InChI=1S/C6H7ClN6/c1-13-4(7)3-8-6(13)2-5-9-11-12-10-5/h3H,2H2,1H3,(H,9,10,11,12). The largest absolute Gasteiger partial charge is 0.322 e. The molecule has 0 aliphatic carbocycles. The van der Waals surface area contributed by atoms with Crippen LogP contribution in [0, 0.1) is 0 Å². The lowest BCUT2D eigenvalue weighted by molar-refractivity contribution is 0.797. The van der Waals surface area contributed by atoms with Crippen molar-refractivity contribution in [1.82, 2.24) is 30.2 Å². The van der Waals surface area contributed by atoms with Crippen LogP contribution in [0.1, 0.15) is 11.6 Å². The molecule has 2 heterocycles. The zero-order valence-corrected chi connectivity index (χ0v) is 7.65. The molecule has 0 spiro atoms. The molecule has 2 aromatic heterocycles. The summed E-state index contributed by atoms with van der Waals surface area (Å²) in [5.74, 6) is 1.41. The first kappa shape index (κ1) is 8.18. The average molecular weight is 199 g/mol. The normalized spacial score (nSPS) is 10.6. The summed E-state index contributed by atoms with van der Waals surface area (Å²) in [5.41, 5.74) is 0. The van der Waals surface area contributed by atoms with E-state index >= 15 is 0 Å². The maximum Gasteiger partial charge on any atom is 0.182 e. The van der Waals surface area contributed by atoms with Gasteiger partial charge in [-0.25, -0.2) is 4.98 Å². The van der Waals surface area contributed by atoms with Gasteiger partial charge in [0.25, 0.3) is 0 Å². The number of nitrogens with zero attached hydrogens (tertiary/aromatic N) is 5. The highest BCUT2D eigenvalue weighted by Crippen LogP contribution is 2.10. The highest BCUT2D eigenvalue weighted by atomic mass is 35.5. The van der Waals surface area contributed by atoms with E-state index in [1.54, 1.807) is 10.8 Å². The minimum absolute atomic E-state index is 0.528. The first-order valence-electron chi connectivity index (χ1n) is 3.66. The number of imidazole rings is 1. The van der Waals surface area contributed by atoms with Gasteiger partial charge in [-0.05, 0) is 0 Å². The average Bonchev–Trinajstić information content (AvgIpc) is 2.71. The van der Waals surface area contributed by atoms with Crippen molar-refractivity contribution in [3.63, 3.8) is 0 Å². The Labute approximate surface area is 78.9 Å². The first-order valence-corrected chi connectivity index (χ1v) is 4.03. The van der Waals surface area contributed by atoms with E-state index in [-0.39, 0.29) is 0 Å². The third kappa shape index (κ3) is 1.52. The van der Waals surface area contributed by atoms with Crippen LogP contribution < -0.4 is 0 Å². The fourth-order valence-corrected chi connectivity index (χ4v) is 1.13. The number of nitrogens with one attached hydrogen (secondary N) is 1. The fourth-order valence-electron chi connectivity index (χ4n) is 0.987. The van der Waals surface area contributed by atoms with Crippen LogP contribution in [-0.4, -0.2) is 30.2 Å². The van der Waals surface area contributed by atoms with E-state index in [4.69, 9.17) is 11.6 Å². The van der Waals surface area contributed by atoms with E-state index in [1.807, 2.05) is 7.05 Å². The SMILES string of the molecule is Cn1c(Cl)cnc1Cc1nn[nH]n1. The molecular weight excluding hydrogens is 192 g/mol. The zero-order valence-electron chi connectivity index (χ0n) is 6.90. The van der Waals surface area contributed by atoms with E-state index in [9.17, 15) is 0 Å². The molecule has 0 saturated carbocycles. The number of aromatic nitrogens is 6. The second kappa shape index (κ2) is 3.14. The molecule has 0 fully saturated rings. The molecule has 0 aliphatic rings. The van der Waals surface area contributed by atoms with Crippen LogP contribution in [0.2, 0.25) is 5.15 Å². The number of rotatable bonds is 2. The fraction of sp³-hybridized carbons (Fsp3) is 0.333. The molecule has 0 unspecified atom stereocenters. The van der Waals surface area contributed by atoms with E-state index < -0.39 is 0 Å². The minimum Gasteiger partial charge on any atom is -0.322 e. The summed E-state index contributed by atoms with van der Waals surface area (Å²) in [6, 6.07) is 0. The summed E-state index contributed by atoms with van der Waals surface area (Å²) in [6.45, 7) is 0. The molecule has 2 aromatic rings. The van der Waals surface area contributed by atoms with Gasteiger partial charge in [0.2, 0.25) is 0 Å². The Balaban J connectivity index is 2.24.